The summed E-state index contributed by atoms with van der Waals surface area (Å²) in [5.74, 6) is -0.591. The van der Waals surface area contributed by atoms with Crippen molar-refractivity contribution in [2.24, 2.45) is 4.99 Å². The highest BCUT2D eigenvalue weighted by Crippen LogP contribution is 2.31. The van der Waals surface area contributed by atoms with Gasteiger partial charge in [0.2, 0.25) is 0 Å². The van der Waals surface area contributed by atoms with E-state index in [0.29, 0.717) is 31.9 Å². The molecule has 0 radical (unpaired) electrons. The van der Waals surface area contributed by atoms with Gasteiger partial charge in [-0.2, -0.15) is 0 Å². The minimum Gasteiger partial charge on any atom is -0.463 e. The van der Waals surface area contributed by atoms with E-state index in [2.05, 4.69) is 20.9 Å². The van der Waals surface area contributed by atoms with Crippen molar-refractivity contribution in [2.75, 3.05) is 6.61 Å². The van der Waals surface area contributed by atoms with Gasteiger partial charge in [0, 0.05) is 11.4 Å². The third kappa shape index (κ3) is 4.80. The fraction of sp³-hybridized carbons (Fsp3) is 0.200. The number of thiazole rings is 1. The average molecular weight is 541 g/mol. The van der Waals surface area contributed by atoms with Crippen LogP contribution in [0.1, 0.15) is 37.9 Å². The highest BCUT2D eigenvalue weighted by atomic mass is 79.9. The van der Waals surface area contributed by atoms with Crippen molar-refractivity contribution in [3.63, 3.8) is 0 Å². The number of fused-ring (bicyclic) bond motifs is 1. The Morgan fingerprint density at radius 1 is 1.21 bits per heavy atom. The maximum absolute atomic E-state index is 13.6. The number of carbonyl (C=O) groups excluding carboxylic acids is 2. The molecule has 1 aromatic heterocycles. The third-order valence-corrected chi connectivity index (χ3v) is 6.60. The summed E-state index contributed by atoms with van der Waals surface area (Å²) in [6, 6.07) is 13.6. The van der Waals surface area contributed by atoms with Crippen LogP contribution in [-0.2, 0) is 14.3 Å². The van der Waals surface area contributed by atoms with Gasteiger partial charge in [-0.1, -0.05) is 51.5 Å². The second-order valence-corrected chi connectivity index (χ2v) is 9.44. The monoisotopic (exact) mass is 540 g/mol. The summed E-state index contributed by atoms with van der Waals surface area (Å²) in [5.41, 5.74) is 2.06. The molecule has 0 spiro atoms. The molecule has 2 aromatic carbocycles. The summed E-state index contributed by atoms with van der Waals surface area (Å²) in [5, 5.41) is 0. The van der Waals surface area contributed by atoms with Crippen molar-refractivity contribution in [3.05, 3.63) is 95.1 Å². The molecule has 1 atom stereocenters. The number of carbonyl (C=O) groups is 2. The summed E-state index contributed by atoms with van der Waals surface area (Å²) in [6.45, 7) is 4.98. The Morgan fingerprint density at radius 2 is 1.94 bits per heavy atom. The molecule has 4 rings (SSSR count). The number of esters is 2. The van der Waals surface area contributed by atoms with Gasteiger partial charge in [0.15, 0.2) is 4.80 Å². The number of aromatic nitrogens is 1. The molecule has 9 heteroatoms. The van der Waals surface area contributed by atoms with Crippen LogP contribution in [0.15, 0.2) is 74.1 Å². The van der Waals surface area contributed by atoms with Crippen LogP contribution in [0.25, 0.3) is 6.08 Å². The Bertz CT molecular complexity index is 1480. The normalized spacial score (nSPS) is 15.5. The summed E-state index contributed by atoms with van der Waals surface area (Å²) < 4.78 is 13.3. The molecule has 1 aliphatic heterocycles. The zero-order valence-electron chi connectivity index (χ0n) is 18.7. The minimum atomic E-state index is -0.730. The molecule has 0 saturated carbocycles. The maximum Gasteiger partial charge on any atom is 0.338 e. The molecule has 0 amide bonds. The molecular formula is C25H21BrN2O5S. The number of nitrogens with zero attached hydrogens (tertiary/aromatic N) is 2. The van der Waals surface area contributed by atoms with Gasteiger partial charge >= 0.3 is 11.9 Å². The van der Waals surface area contributed by atoms with E-state index in [1.54, 1.807) is 44.2 Å². The first-order valence-corrected chi connectivity index (χ1v) is 12.1. The van der Waals surface area contributed by atoms with Crippen LogP contribution in [0.3, 0.4) is 0 Å². The summed E-state index contributed by atoms with van der Waals surface area (Å²) in [7, 11) is 0. The molecule has 0 bridgehead atoms. The number of benzene rings is 2. The van der Waals surface area contributed by atoms with Gasteiger partial charge in [0.1, 0.15) is 5.75 Å². The number of hydrogen-bond acceptors (Lipinski definition) is 7. The number of halogens is 1. The van der Waals surface area contributed by atoms with E-state index >= 15 is 0 Å². The van der Waals surface area contributed by atoms with E-state index in [1.807, 2.05) is 24.3 Å². The lowest BCUT2D eigenvalue weighted by Gasteiger charge is -2.24. The van der Waals surface area contributed by atoms with Crippen LogP contribution in [0, 0.1) is 0 Å². The van der Waals surface area contributed by atoms with Gasteiger partial charge in [0.05, 0.1) is 28.5 Å². The summed E-state index contributed by atoms with van der Waals surface area (Å²) >= 11 is 4.71. The van der Waals surface area contributed by atoms with Crippen LogP contribution in [-0.4, -0.2) is 23.1 Å². The lowest BCUT2D eigenvalue weighted by molar-refractivity contribution is -0.139. The van der Waals surface area contributed by atoms with Crippen LogP contribution < -0.4 is 19.6 Å². The predicted molar refractivity (Wildman–Crippen MR) is 132 cm³/mol. The SMILES string of the molecule is CCOC(=O)C1=C(C)N=c2s/c(=C/c3cccc(Br)c3)c(=O)n2[C@H]1c1ccc(OC(C)=O)cc1. The topological polar surface area (TPSA) is 87.0 Å². The summed E-state index contributed by atoms with van der Waals surface area (Å²) in [4.78, 5) is 42.8. The van der Waals surface area contributed by atoms with Crippen LogP contribution in [0.5, 0.6) is 5.75 Å². The van der Waals surface area contributed by atoms with Crippen molar-refractivity contribution < 1.29 is 19.1 Å². The maximum atomic E-state index is 13.6. The van der Waals surface area contributed by atoms with E-state index in [4.69, 9.17) is 9.47 Å². The van der Waals surface area contributed by atoms with Crippen LogP contribution >= 0.6 is 27.3 Å². The second kappa shape index (κ2) is 9.90. The quantitative estimate of drug-likeness (QED) is 0.365. The molecule has 34 heavy (non-hydrogen) atoms. The minimum absolute atomic E-state index is 0.195. The Hall–Kier alpha value is -3.30. The molecule has 0 unspecified atom stereocenters. The average Bonchev–Trinajstić information content (AvgIpc) is 3.07. The van der Waals surface area contributed by atoms with Gasteiger partial charge in [-0.05, 0) is 55.3 Å². The number of ether oxygens (including phenoxy) is 2. The van der Waals surface area contributed by atoms with Crippen LogP contribution in [0.4, 0.5) is 0 Å². The van der Waals surface area contributed by atoms with Gasteiger partial charge in [-0.3, -0.25) is 14.2 Å². The van der Waals surface area contributed by atoms with Crippen LogP contribution in [0.2, 0.25) is 0 Å². The van der Waals surface area contributed by atoms with Gasteiger partial charge in [0.25, 0.3) is 5.56 Å². The van der Waals surface area contributed by atoms with Crippen molar-refractivity contribution >= 4 is 45.3 Å². The first-order valence-electron chi connectivity index (χ1n) is 10.5. The molecular weight excluding hydrogens is 520 g/mol. The molecule has 7 nitrogen and oxygen atoms in total. The molecule has 3 aromatic rings. The first kappa shape index (κ1) is 23.8. The molecule has 0 fully saturated rings. The highest BCUT2D eigenvalue weighted by molar-refractivity contribution is 9.10. The van der Waals surface area contributed by atoms with E-state index in [9.17, 15) is 14.4 Å². The van der Waals surface area contributed by atoms with Crippen molar-refractivity contribution in [1.82, 2.24) is 4.57 Å². The molecule has 1 aliphatic rings. The smallest absolute Gasteiger partial charge is 0.338 e. The highest BCUT2D eigenvalue weighted by Gasteiger charge is 2.33. The second-order valence-electron chi connectivity index (χ2n) is 7.52. The Balaban J connectivity index is 1.91. The number of rotatable bonds is 5. The molecule has 0 N–H and O–H groups in total. The van der Waals surface area contributed by atoms with E-state index in [0.717, 1.165) is 10.0 Å². The van der Waals surface area contributed by atoms with Gasteiger partial charge in [-0.15, -0.1) is 0 Å². The molecule has 0 saturated heterocycles. The van der Waals surface area contributed by atoms with Gasteiger partial charge < -0.3 is 9.47 Å². The zero-order valence-corrected chi connectivity index (χ0v) is 21.1. The summed E-state index contributed by atoms with van der Waals surface area (Å²) in [6.07, 6.45) is 1.80. The first-order chi connectivity index (χ1) is 16.3. The molecule has 174 valence electrons. The Morgan fingerprint density at radius 3 is 2.59 bits per heavy atom. The van der Waals surface area contributed by atoms with E-state index < -0.39 is 18.0 Å². The lowest BCUT2D eigenvalue weighted by Crippen LogP contribution is -2.39. The Kier molecular flexibility index (Phi) is 6.95. The largest absolute Gasteiger partial charge is 0.463 e. The van der Waals surface area contributed by atoms with Crippen molar-refractivity contribution in [2.45, 2.75) is 26.8 Å². The lowest BCUT2D eigenvalue weighted by atomic mass is 9.96. The third-order valence-electron chi connectivity index (χ3n) is 5.12. The zero-order chi connectivity index (χ0) is 24.4. The predicted octanol–water partition coefficient (Wildman–Crippen LogP) is 3.49. The van der Waals surface area contributed by atoms with E-state index in [1.165, 1.54) is 22.8 Å². The standard InChI is InChI=1S/C25H21BrN2O5S/c1-4-32-24(31)21-14(2)27-25-28(22(21)17-8-10-19(11-9-17)33-15(3)29)23(30)20(34-25)13-16-6-5-7-18(26)12-16/h5-13,22H,4H2,1-3H3/b20-13+/t22-/m0/s1. The van der Waals surface area contributed by atoms with Gasteiger partial charge in [-0.25, -0.2) is 9.79 Å². The Labute approximate surface area is 207 Å². The number of allylic oxidation sites excluding steroid dienone is 1. The van der Waals surface area contributed by atoms with Crippen molar-refractivity contribution in [1.29, 1.82) is 0 Å². The fourth-order valence-corrected chi connectivity index (χ4v) is 5.20. The van der Waals surface area contributed by atoms with Crippen molar-refractivity contribution in [3.8, 4) is 5.75 Å². The number of hydrogen-bond donors (Lipinski definition) is 0. The van der Waals surface area contributed by atoms with E-state index in [-0.39, 0.29) is 12.2 Å². The fourth-order valence-electron chi connectivity index (χ4n) is 3.74. The molecule has 0 aliphatic carbocycles. The molecule has 2 heterocycles.